The summed E-state index contributed by atoms with van der Waals surface area (Å²) in [5.41, 5.74) is 2.08. The van der Waals surface area contributed by atoms with Crippen LogP contribution in [0.1, 0.15) is 12.8 Å². The van der Waals surface area contributed by atoms with Gasteiger partial charge in [-0.2, -0.15) is 0 Å². The first kappa shape index (κ1) is 16.7. The largest absolute Gasteiger partial charge is 0.392 e. The average molecular weight is 360 g/mol. The molecule has 5 nitrogen and oxygen atoms in total. The van der Waals surface area contributed by atoms with Crippen molar-refractivity contribution >= 4 is 16.7 Å². The fraction of sp³-hybridized carbons (Fsp3) is 0.364. The van der Waals surface area contributed by atoms with Crippen LogP contribution in [-0.2, 0) is 0 Å². The Morgan fingerprint density at radius 2 is 1.81 bits per heavy atom. The number of hydrogen-bond acceptors (Lipinski definition) is 5. The number of anilines is 1. The van der Waals surface area contributed by atoms with E-state index in [4.69, 9.17) is 4.98 Å². The molecule has 1 aromatic heterocycles. The molecule has 0 unspecified atom stereocenters. The fourth-order valence-electron chi connectivity index (χ4n) is 4.33. The predicted molar refractivity (Wildman–Crippen MR) is 108 cm³/mol. The molecule has 3 heterocycles. The lowest BCUT2D eigenvalue weighted by Gasteiger charge is -2.23. The van der Waals surface area contributed by atoms with Crippen molar-refractivity contribution in [3.05, 3.63) is 54.7 Å². The Hall–Kier alpha value is -2.50. The second-order valence-electron chi connectivity index (χ2n) is 7.63. The van der Waals surface area contributed by atoms with Gasteiger partial charge in [-0.25, -0.2) is 9.97 Å². The molecule has 2 aliphatic rings. The van der Waals surface area contributed by atoms with Gasteiger partial charge >= 0.3 is 0 Å². The van der Waals surface area contributed by atoms with Crippen LogP contribution in [0.15, 0.2) is 54.7 Å². The summed E-state index contributed by atoms with van der Waals surface area (Å²) in [6, 6.07) is 17.4. The monoisotopic (exact) mass is 360 g/mol. The summed E-state index contributed by atoms with van der Waals surface area (Å²) < 4.78 is 0. The Kier molecular flexibility index (Phi) is 4.26. The first-order valence-electron chi connectivity index (χ1n) is 9.75. The van der Waals surface area contributed by atoms with E-state index in [2.05, 4.69) is 57.2 Å². The van der Waals surface area contributed by atoms with Gasteiger partial charge in [0.1, 0.15) is 0 Å². The molecule has 0 aliphatic carbocycles. The lowest BCUT2D eigenvalue weighted by Crippen LogP contribution is -2.36. The van der Waals surface area contributed by atoms with Crippen molar-refractivity contribution in [2.45, 2.75) is 25.0 Å². The number of aliphatic hydroxyl groups excluding tert-OH is 1. The Balaban J connectivity index is 1.37. The van der Waals surface area contributed by atoms with Gasteiger partial charge < -0.3 is 10.0 Å². The van der Waals surface area contributed by atoms with E-state index in [1.165, 1.54) is 10.8 Å². The predicted octanol–water partition coefficient (Wildman–Crippen LogP) is 2.94. The summed E-state index contributed by atoms with van der Waals surface area (Å²) in [7, 11) is 0. The van der Waals surface area contributed by atoms with Gasteiger partial charge in [-0.1, -0.05) is 36.4 Å². The smallest absolute Gasteiger partial charge is 0.225 e. The Morgan fingerprint density at radius 3 is 2.67 bits per heavy atom. The molecule has 2 fully saturated rings. The second kappa shape index (κ2) is 6.91. The maximum Gasteiger partial charge on any atom is 0.225 e. The molecule has 0 saturated carbocycles. The minimum Gasteiger partial charge on any atom is -0.392 e. The number of fused-ring (bicyclic) bond motifs is 1. The number of rotatable bonds is 3. The third-order valence-corrected chi connectivity index (χ3v) is 5.85. The molecule has 0 spiro atoms. The van der Waals surface area contributed by atoms with Crippen molar-refractivity contribution in [2.24, 2.45) is 0 Å². The van der Waals surface area contributed by atoms with Gasteiger partial charge in [0.2, 0.25) is 5.95 Å². The zero-order valence-corrected chi connectivity index (χ0v) is 15.3. The topological polar surface area (TPSA) is 52.5 Å². The van der Waals surface area contributed by atoms with Crippen molar-refractivity contribution < 1.29 is 5.11 Å². The van der Waals surface area contributed by atoms with Gasteiger partial charge in [0.05, 0.1) is 11.8 Å². The first-order chi connectivity index (χ1) is 13.3. The number of benzene rings is 2. The van der Waals surface area contributed by atoms with E-state index in [9.17, 15) is 5.11 Å². The van der Waals surface area contributed by atoms with Crippen LogP contribution in [0.3, 0.4) is 0 Å². The van der Waals surface area contributed by atoms with E-state index in [0.29, 0.717) is 6.04 Å². The van der Waals surface area contributed by atoms with Gasteiger partial charge in [0.15, 0.2) is 0 Å². The highest BCUT2D eigenvalue weighted by Gasteiger charge is 2.33. The summed E-state index contributed by atoms with van der Waals surface area (Å²) in [4.78, 5) is 14.1. The highest BCUT2D eigenvalue weighted by atomic mass is 16.3. The summed E-state index contributed by atoms with van der Waals surface area (Å²) in [5.74, 6) is 0.808. The van der Waals surface area contributed by atoms with Crippen LogP contribution in [0.2, 0.25) is 0 Å². The minimum absolute atomic E-state index is 0.161. The standard InChI is InChI=1S/C22H24N4O/c27-20-9-12-25(15-20)19-8-11-26(14-19)22-23-10-7-21(24-22)18-6-5-16-3-1-2-4-17(16)13-18/h1-7,10,13,19-20,27H,8-9,11-12,14-15H2/t19-,20+/m1/s1. The minimum atomic E-state index is -0.161. The van der Waals surface area contributed by atoms with Gasteiger partial charge in [-0.15, -0.1) is 0 Å². The van der Waals surface area contributed by atoms with Crippen LogP contribution in [0, 0.1) is 0 Å². The van der Waals surface area contributed by atoms with E-state index >= 15 is 0 Å². The third-order valence-electron chi connectivity index (χ3n) is 5.85. The summed E-state index contributed by atoms with van der Waals surface area (Å²) in [6.07, 6.45) is 3.70. The van der Waals surface area contributed by atoms with Crippen molar-refractivity contribution in [1.82, 2.24) is 14.9 Å². The molecule has 5 rings (SSSR count). The Morgan fingerprint density at radius 1 is 0.926 bits per heavy atom. The molecule has 2 aliphatic heterocycles. The number of aromatic nitrogens is 2. The molecule has 0 bridgehead atoms. The van der Waals surface area contributed by atoms with Crippen LogP contribution in [-0.4, -0.2) is 58.3 Å². The molecule has 0 radical (unpaired) electrons. The Labute approximate surface area is 159 Å². The number of aliphatic hydroxyl groups is 1. The quantitative estimate of drug-likeness (QED) is 0.778. The van der Waals surface area contributed by atoms with Crippen LogP contribution >= 0.6 is 0 Å². The maximum atomic E-state index is 9.80. The van der Waals surface area contributed by atoms with E-state index in [1.807, 2.05) is 12.3 Å². The molecule has 0 amide bonds. The molecule has 2 saturated heterocycles. The molecular formula is C22H24N4O. The van der Waals surface area contributed by atoms with E-state index in [-0.39, 0.29) is 6.10 Å². The van der Waals surface area contributed by atoms with Crippen molar-refractivity contribution in [3.8, 4) is 11.3 Å². The average Bonchev–Trinajstić information content (AvgIpc) is 3.37. The normalized spacial score (nSPS) is 23.4. The molecule has 1 N–H and O–H groups in total. The number of hydrogen-bond donors (Lipinski definition) is 1. The van der Waals surface area contributed by atoms with E-state index in [0.717, 1.165) is 56.2 Å². The number of nitrogens with zero attached hydrogens (tertiary/aromatic N) is 4. The molecule has 27 heavy (non-hydrogen) atoms. The molecule has 138 valence electrons. The van der Waals surface area contributed by atoms with Crippen LogP contribution < -0.4 is 4.90 Å². The van der Waals surface area contributed by atoms with Crippen molar-refractivity contribution in [2.75, 3.05) is 31.1 Å². The SMILES string of the molecule is O[C@H]1CCN([C@@H]2CCN(c3nccc(-c4ccc5ccccc5c4)n3)C2)C1. The zero-order chi connectivity index (χ0) is 18.2. The fourth-order valence-corrected chi connectivity index (χ4v) is 4.33. The molecule has 2 aromatic carbocycles. The summed E-state index contributed by atoms with van der Waals surface area (Å²) >= 11 is 0. The van der Waals surface area contributed by atoms with Crippen molar-refractivity contribution in [3.63, 3.8) is 0 Å². The van der Waals surface area contributed by atoms with Gasteiger partial charge in [0, 0.05) is 44.0 Å². The molecule has 2 atom stereocenters. The molecule has 5 heteroatoms. The Bertz CT molecular complexity index is 960. The van der Waals surface area contributed by atoms with Crippen LogP contribution in [0.4, 0.5) is 5.95 Å². The third kappa shape index (κ3) is 3.29. The van der Waals surface area contributed by atoms with Crippen molar-refractivity contribution in [1.29, 1.82) is 0 Å². The van der Waals surface area contributed by atoms with E-state index < -0.39 is 0 Å². The zero-order valence-electron chi connectivity index (χ0n) is 15.3. The van der Waals surface area contributed by atoms with Crippen LogP contribution in [0.25, 0.3) is 22.0 Å². The van der Waals surface area contributed by atoms with Gasteiger partial charge in [-0.3, -0.25) is 4.90 Å². The summed E-state index contributed by atoms with van der Waals surface area (Å²) in [5, 5.41) is 12.3. The second-order valence-corrected chi connectivity index (χ2v) is 7.63. The molecule has 3 aromatic rings. The molecular weight excluding hydrogens is 336 g/mol. The van der Waals surface area contributed by atoms with Gasteiger partial charge in [-0.05, 0) is 35.7 Å². The first-order valence-corrected chi connectivity index (χ1v) is 9.75. The maximum absolute atomic E-state index is 9.80. The van der Waals surface area contributed by atoms with Crippen LogP contribution in [0.5, 0.6) is 0 Å². The lowest BCUT2D eigenvalue weighted by molar-refractivity contribution is 0.163. The highest BCUT2D eigenvalue weighted by Crippen LogP contribution is 2.27. The lowest BCUT2D eigenvalue weighted by atomic mass is 10.1. The number of β-amino-alcohol motifs (C(OH)–C–C–N with tert-alkyl or cyclic N) is 1. The summed E-state index contributed by atoms with van der Waals surface area (Å²) in [6.45, 7) is 3.71. The van der Waals surface area contributed by atoms with Gasteiger partial charge in [0.25, 0.3) is 0 Å². The van der Waals surface area contributed by atoms with E-state index in [1.54, 1.807) is 0 Å². The highest BCUT2D eigenvalue weighted by molar-refractivity contribution is 5.86. The number of likely N-dealkylation sites (tertiary alicyclic amines) is 1.